The van der Waals surface area contributed by atoms with Crippen LogP contribution < -0.4 is 5.32 Å². The summed E-state index contributed by atoms with van der Waals surface area (Å²) in [6, 6.07) is 4.22. The zero-order valence-electron chi connectivity index (χ0n) is 11.1. The van der Waals surface area contributed by atoms with Crippen LogP contribution in [0, 0.1) is 11.8 Å². The lowest BCUT2D eigenvalue weighted by molar-refractivity contribution is 0.177. The van der Waals surface area contributed by atoms with Crippen LogP contribution in [0.4, 0.5) is 0 Å². The van der Waals surface area contributed by atoms with Crippen molar-refractivity contribution >= 4 is 0 Å². The lowest BCUT2D eigenvalue weighted by Crippen LogP contribution is -2.21. The van der Waals surface area contributed by atoms with Gasteiger partial charge in [-0.05, 0) is 56.2 Å². The average Bonchev–Trinajstić information content (AvgIpc) is 2.79. The second-order valence-corrected chi connectivity index (χ2v) is 6.09. The molecule has 2 aliphatic carbocycles. The van der Waals surface area contributed by atoms with Gasteiger partial charge in [0.05, 0.1) is 12.6 Å². The molecule has 2 aliphatic rings. The van der Waals surface area contributed by atoms with E-state index in [1.807, 2.05) is 0 Å². The van der Waals surface area contributed by atoms with Gasteiger partial charge in [-0.3, -0.25) is 0 Å². The minimum Gasteiger partial charge on any atom is -0.464 e. The Balaban J connectivity index is 1.41. The zero-order chi connectivity index (χ0) is 12.5. The number of hydrogen-bond acceptors (Lipinski definition) is 3. The normalized spacial score (nSPS) is 35.0. The molecule has 3 heteroatoms. The highest BCUT2D eigenvalue weighted by atomic mass is 16.3. The molecule has 3 nitrogen and oxygen atoms in total. The van der Waals surface area contributed by atoms with Crippen LogP contribution in [-0.4, -0.2) is 17.8 Å². The van der Waals surface area contributed by atoms with Crippen molar-refractivity contribution in [2.45, 2.75) is 51.2 Å². The summed E-state index contributed by atoms with van der Waals surface area (Å²) in [6.45, 7) is 4.08. The van der Waals surface area contributed by atoms with Gasteiger partial charge in [-0.1, -0.05) is 6.92 Å². The maximum atomic E-state index is 9.47. The summed E-state index contributed by atoms with van der Waals surface area (Å²) >= 11 is 0. The number of aliphatic hydroxyl groups is 1. The van der Waals surface area contributed by atoms with Gasteiger partial charge >= 0.3 is 0 Å². The summed E-state index contributed by atoms with van der Waals surface area (Å²) in [7, 11) is 0. The van der Waals surface area contributed by atoms with Crippen molar-refractivity contribution in [1.82, 2.24) is 5.32 Å². The molecular formula is C15H23NO2. The molecule has 0 radical (unpaired) electrons. The Morgan fingerprint density at radius 3 is 2.83 bits per heavy atom. The maximum absolute atomic E-state index is 9.47. The van der Waals surface area contributed by atoms with Gasteiger partial charge in [0.1, 0.15) is 11.5 Å². The predicted octanol–water partition coefficient (Wildman–Crippen LogP) is 2.65. The topological polar surface area (TPSA) is 45.4 Å². The van der Waals surface area contributed by atoms with E-state index >= 15 is 0 Å². The van der Waals surface area contributed by atoms with Crippen LogP contribution in [0.1, 0.15) is 50.0 Å². The molecule has 4 unspecified atom stereocenters. The van der Waals surface area contributed by atoms with Crippen LogP contribution in [0.3, 0.4) is 0 Å². The molecule has 0 saturated heterocycles. The summed E-state index contributed by atoms with van der Waals surface area (Å²) in [5, 5.41) is 12.9. The summed E-state index contributed by atoms with van der Waals surface area (Å²) in [6.07, 6.45) is 4.29. The van der Waals surface area contributed by atoms with Crippen LogP contribution >= 0.6 is 0 Å². The van der Waals surface area contributed by atoms with Gasteiger partial charge in [0.15, 0.2) is 0 Å². The number of aliphatic hydroxyl groups excluding tert-OH is 1. The molecule has 3 rings (SSSR count). The quantitative estimate of drug-likeness (QED) is 0.843. The number of nitrogens with one attached hydrogen (secondary N) is 1. The van der Waals surface area contributed by atoms with E-state index < -0.39 is 0 Å². The van der Waals surface area contributed by atoms with Crippen molar-refractivity contribution in [2.75, 3.05) is 6.54 Å². The van der Waals surface area contributed by atoms with Crippen LogP contribution in [0.5, 0.6) is 0 Å². The van der Waals surface area contributed by atoms with E-state index in [1.54, 1.807) is 0 Å². The third-order valence-corrected chi connectivity index (χ3v) is 4.40. The molecule has 4 atom stereocenters. The molecule has 0 aliphatic heterocycles. The van der Waals surface area contributed by atoms with E-state index in [4.69, 9.17) is 4.42 Å². The van der Waals surface area contributed by atoms with Crippen molar-refractivity contribution in [3.8, 4) is 0 Å². The predicted molar refractivity (Wildman–Crippen MR) is 70.3 cm³/mol. The van der Waals surface area contributed by atoms with E-state index in [1.165, 1.54) is 6.42 Å². The van der Waals surface area contributed by atoms with Crippen LogP contribution in [0.2, 0.25) is 0 Å². The second kappa shape index (κ2) is 5.06. The molecule has 0 amide bonds. The van der Waals surface area contributed by atoms with E-state index in [2.05, 4.69) is 24.4 Å². The molecule has 1 aromatic heterocycles. The van der Waals surface area contributed by atoms with Gasteiger partial charge in [0.25, 0.3) is 0 Å². The van der Waals surface area contributed by atoms with E-state index in [9.17, 15) is 5.11 Å². The van der Waals surface area contributed by atoms with Gasteiger partial charge in [-0.15, -0.1) is 0 Å². The SMILES string of the molecule is CC1CC1c1ccc(CNCC2CCC(O)C2)o1. The summed E-state index contributed by atoms with van der Waals surface area (Å²) < 4.78 is 5.85. The number of hydrogen-bond donors (Lipinski definition) is 2. The van der Waals surface area contributed by atoms with Gasteiger partial charge in [-0.25, -0.2) is 0 Å². The van der Waals surface area contributed by atoms with Crippen LogP contribution in [0.25, 0.3) is 0 Å². The largest absolute Gasteiger partial charge is 0.464 e. The summed E-state index contributed by atoms with van der Waals surface area (Å²) in [5.41, 5.74) is 0. The first-order chi connectivity index (χ1) is 8.72. The minimum atomic E-state index is -0.0663. The Morgan fingerprint density at radius 1 is 1.33 bits per heavy atom. The Morgan fingerprint density at radius 2 is 2.17 bits per heavy atom. The molecule has 18 heavy (non-hydrogen) atoms. The molecule has 2 fully saturated rings. The van der Waals surface area contributed by atoms with Gasteiger partial charge < -0.3 is 14.8 Å². The Bertz CT molecular complexity index is 401. The minimum absolute atomic E-state index is 0.0663. The molecule has 2 N–H and O–H groups in total. The third kappa shape index (κ3) is 2.78. The first-order valence-electron chi connectivity index (χ1n) is 7.19. The smallest absolute Gasteiger partial charge is 0.117 e. The molecule has 2 saturated carbocycles. The zero-order valence-corrected chi connectivity index (χ0v) is 11.1. The number of furan rings is 1. The number of rotatable bonds is 5. The van der Waals surface area contributed by atoms with Crippen LogP contribution in [-0.2, 0) is 6.54 Å². The van der Waals surface area contributed by atoms with Gasteiger partial charge in [-0.2, -0.15) is 0 Å². The first-order valence-corrected chi connectivity index (χ1v) is 7.19. The monoisotopic (exact) mass is 249 g/mol. The van der Waals surface area contributed by atoms with E-state index in [0.717, 1.165) is 49.8 Å². The van der Waals surface area contributed by atoms with Gasteiger partial charge in [0.2, 0.25) is 0 Å². The second-order valence-electron chi connectivity index (χ2n) is 6.09. The fraction of sp³-hybridized carbons (Fsp3) is 0.733. The van der Waals surface area contributed by atoms with Crippen molar-refractivity contribution < 1.29 is 9.52 Å². The highest BCUT2D eigenvalue weighted by Crippen LogP contribution is 2.47. The molecule has 0 spiro atoms. The van der Waals surface area contributed by atoms with Crippen LogP contribution in [0.15, 0.2) is 16.5 Å². The molecular weight excluding hydrogens is 226 g/mol. The average molecular weight is 249 g/mol. The highest BCUT2D eigenvalue weighted by molar-refractivity contribution is 5.17. The lowest BCUT2D eigenvalue weighted by Gasteiger charge is -2.09. The fourth-order valence-corrected chi connectivity index (χ4v) is 3.04. The summed E-state index contributed by atoms with van der Waals surface area (Å²) in [5.74, 6) is 4.32. The summed E-state index contributed by atoms with van der Waals surface area (Å²) in [4.78, 5) is 0. The molecule has 0 bridgehead atoms. The Labute approximate surface area is 109 Å². The van der Waals surface area contributed by atoms with Crippen molar-refractivity contribution in [3.05, 3.63) is 23.7 Å². The van der Waals surface area contributed by atoms with E-state index in [0.29, 0.717) is 11.8 Å². The lowest BCUT2D eigenvalue weighted by atomic mass is 10.1. The van der Waals surface area contributed by atoms with Crippen molar-refractivity contribution in [3.63, 3.8) is 0 Å². The standard InChI is InChI=1S/C15H23NO2/c1-10-6-14(10)15-5-4-13(18-15)9-16-8-11-2-3-12(17)7-11/h4-5,10-12,14,16-17H,2-3,6-9H2,1H3. The molecule has 1 heterocycles. The molecule has 0 aromatic carbocycles. The first kappa shape index (κ1) is 12.2. The van der Waals surface area contributed by atoms with Gasteiger partial charge in [0, 0.05) is 5.92 Å². The molecule has 1 aromatic rings. The third-order valence-electron chi connectivity index (χ3n) is 4.40. The van der Waals surface area contributed by atoms with E-state index in [-0.39, 0.29) is 6.10 Å². The maximum Gasteiger partial charge on any atom is 0.117 e. The molecule has 100 valence electrons. The van der Waals surface area contributed by atoms with Crippen molar-refractivity contribution in [1.29, 1.82) is 0 Å². The highest BCUT2D eigenvalue weighted by Gasteiger charge is 2.36. The Kier molecular flexibility index (Phi) is 3.44. The Hall–Kier alpha value is -0.800. The fourth-order valence-electron chi connectivity index (χ4n) is 3.04. The van der Waals surface area contributed by atoms with Crippen molar-refractivity contribution in [2.24, 2.45) is 11.8 Å².